The molecule has 0 bridgehead atoms. The van der Waals surface area contributed by atoms with Crippen LogP contribution in [0.2, 0.25) is 0 Å². The minimum Gasteiger partial charge on any atom is -0.381 e. The summed E-state index contributed by atoms with van der Waals surface area (Å²) in [6.07, 6.45) is 2.21. The minimum atomic E-state index is -0.0251. The molecular weight excluding hydrogens is 226 g/mol. The van der Waals surface area contributed by atoms with Crippen molar-refractivity contribution in [3.05, 3.63) is 35.9 Å². The van der Waals surface area contributed by atoms with Gasteiger partial charge in [0, 0.05) is 25.2 Å². The number of hydrogen-bond donors (Lipinski definition) is 1. The van der Waals surface area contributed by atoms with Crippen LogP contribution in [0, 0.1) is 5.92 Å². The van der Waals surface area contributed by atoms with Crippen LogP contribution in [0.4, 0.5) is 0 Å². The zero-order valence-electron chi connectivity index (χ0n) is 11.0. The molecule has 1 heterocycles. The Hall–Kier alpha value is -0.900. The molecule has 0 amide bonds. The Morgan fingerprint density at radius 2 is 2.17 bits per heavy atom. The minimum absolute atomic E-state index is 0.00708. The van der Waals surface area contributed by atoms with Gasteiger partial charge in [-0.2, -0.15) is 0 Å². The summed E-state index contributed by atoms with van der Waals surface area (Å²) >= 11 is 0. The number of nitrogens with two attached hydrogens (primary N) is 1. The second-order valence-electron chi connectivity index (χ2n) is 4.84. The molecule has 0 aromatic heterocycles. The van der Waals surface area contributed by atoms with Crippen LogP contribution in [-0.4, -0.2) is 25.9 Å². The van der Waals surface area contributed by atoms with Gasteiger partial charge in [-0.1, -0.05) is 30.3 Å². The Balaban J connectivity index is 2.08. The van der Waals surface area contributed by atoms with Gasteiger partial charge < -0.3 is 15.2 Å². The van der Waals surface area contributed by atoms with Crippen LogP contribution in [0.25, 0.3) is 0 Å². The third-order valence-corrected chi connectivity index (χ3v) is 3.56. The molecule has 1 aliphatic heterocycles. The third-order valence-electron chi connectivity index (χ3n) is 3.56. The number of rotatable bonds is 5. The number of ether oxygens (including phenoxy) is 2. The molecule has 2 N–H and O–H groups in total. The largest absolute Gasteiger partial charge is 0.381 e. The second kappa shape index (κ2) is 6.88. The highest BCUT2D eigenvalue weighted by Gasteiger charge is 2.29. The maximum atomic E-state index is 6.41. The van der Waals surface area contributed by atoms with Crippen molar-refractivity contribution in [3.63, 3.8) is 0 Å². The van der Waals surface area contributed by atoms with Crippen molar-refractivity contribution in [2.45, 2.75) is 31.9 Å². The summed E-state index contributed by atoms with van der Waals surface area (Å²) in [6.45, 7) is 4.33. The van der Waals surface area contributed by atoms with Gasteiger partial charge in [-0.25, -0.2) is 0 Å². The van der Waals surface area contributed by atoms with Gasteiger partial charge in [0.2, 0.25) is 0 Å². The second-order valence-corrected chi connectivity index (χ2v) is 4.84. The summed E-state index contributed by atoms with van der Waals surface area (Å²) in [4.78, 5) is 0. The van der Waals surface area contributed by atoms with Gasteiger partial charge in [-0.15, -0.1) is 0 Å². The quantitative estimate of drug-likeness (QED) is 0.872. The summed E-state index contributed by atoms with van der Waals surface area (Å²) < 4.78 is 11.4. The maximum Gasteiger partial charge on any atom is 0.0979 e. The number of hydrogen-bond acceptors (Lipinski definition) is 3. The predicted octanol–water partition coefficient (Wildman–Crippen LogP) is 2.52. The van der Waals surface area contributed by atoms with Gasteiger partial charge in [-0.05, 0) is 25.3 Å². The van der Waals surface area contributed by atoms with Crippen LogP contribution >= 0.6 is 0 Å². The molecule has 1 aromatic rings. The first-order valence-electron chi connectivity index (χ1n) is 6.82. The first kappa shape index (κ1) is 13.5. The molecule has 3 atom stereocenters. The van der Waals surface area contributed by atoms with Crippen molar-refractivity contribution in [1.29, 1.82) is 0 Å². The summed E-state index contributed by atoms with van der Waals surface area (Å²) in [5.74, 6) is 0.399. The van der Waals surface area contributed by atoms with E-state index in [0.717, 1.165) is 31.6 Å². The first-order chi connectivity index (χ1) is 8.83. The lowest BCUT2D eigenvalue weighted by Crippen LogP contribution is -2.41. The lowest BCUT2D eigenvalue weighted by Gasteiger charge is -2.33. The molecule has 3 unspecified atom stereocenters. The highest BCUT2D eigenvalue weighted by atomic mass is 16.5. The molecule has 1 aliphatic rings. The zero-order chi connectivity index (χ0) is 12.8. The summed E-state index contributed by atoms with van der Waals surface area (Å²) in [6, 6.07) is 10.3. The van der Waals surface area contributed by atoms with Gasteiger partial charge in [0.1, 0.15) is 0 Å². The molecule has 100 valence electrons. The average molecular weight is 249 g/mol. The van der Waals surface area contributed by atoms with Gasteiger partial charge in [0.25, 0.3) is 0 Å². The fourth-order valence-corrected chi connectivity index (χ4v) is 2.57. The van der Waals surface area contributed by atoms with Crippen molar-refractivity contribution in [1.82, 2.24) is 0 Å². The van der Waals surface area contributed by atoms with Gasteiger partial charge >= 0.3 is 0 Å². The van der Waals surface area contributed by atoms with Crippen LogP contribution in [0.5, 0.6) is 0 Å². The molecule has 1 fully saturated rings. The SMILES string of the molecule is CCOC(c1ccccc1)C(N)C1CCCOC1. The van der Waals surface area contributed by atoms with E-state index in [1.54, 1.807) is 0 Å². The summed E-state index contributed by atoms with van der Waals surface area (Å²) in [5.41, 5.74) is 7.57. The molecule has 3 nitrogen and oxygen atoms in total. The average Bonchev–Trinajstić information content (AvgIpc) is 2.46. The smallest absolute Gasteiger partial charge is 0.0979 e. The van der Waals surface area contributed by atoms with Crippen molar-refractivity contribution >= 4 is 0 Å². The molecular formula is C15H23NO2. The van der Waals surface area contributed by atoms with Crippen LogP contribution in [0.3, 0.4) is 0 Å². The standard InChI is InChI=1S/C15H23NO2/c1-2-18-15(12-7-4-3-5-8-12)14(16)13-9-6-10-17-11-13/h3-5,7-8,13-15H,2,6,9-11,16H2,1H3. The van der Waals surface area contributed by atoms with Crippen molar-refractivity contribution in [3.8, 4) is 0 Å². The van der Waals surface area contributed by atoms with E-state index in [0.29, 0.717) is 12.5 Å². The molecule has 2 rings (SSSR count). The number of benzene rings is 1. The molecule has 0 spiro atoms. The Kier molecular flexibility index (Phi) is 5.17. The highest BCUT2D eigenvalue weighted by molar-refractivity contribution is 5.19. The van der Waals surface area contributed by atoms with Gasteiger partial charge in [-0.3, -0.25) is 0 Å². The molecule has 0 aliphatic carbocycles. The van der Waals surface area contributed by atoms with E-state index in [-0.39, 0.29) is 12.1 Å². The van der Waals surface area contributed by atoms with Crippen LogP contribution < -0.4 is 5.73 Å². The predicted molar refractivity (Wildman–Crippen MR) is 72.3 cm³/mol. The Labute approximate surface area is 109 Å². The Bertz CT molecular complexity index is 336. The van der Waals surface area contributed by atoms with Crippen molar-refractivity contribution < 1.29 is 9.47 Å². The molecule has 3 heteroatoms. The van der Waals surface area contributed by atoms with Gasteiger partial charge in [0.15, 0.2) is 0 Å². The van der Waals surface area contributed by atoms with E-state index < -0.39 is 0 Å². The van der Waals surface area contributed by atoms with Gasteiger partial charge in [0.05, 0.1) is 12.7 Å². The topological polar surface area (TPSA) is 44.5 Å². The fraction of sp³-hybridized carbons (Fsp3) is 0.600. The van der Waals surface area contributed by atoms with Crippen molar-refractivity contribution in [2.24, 2.45) is 11.7 Å². The Morgan fingerprint density at radius 3 is 2.78 bits per heavy atom. The van der Waals surface area contributed by atoms with Crippen molar-refractivity contribution in [2.75, 3.05) is 19.8 Å². The molecule has 18 heavy (non-hydrogen) atoms. The summed E-state index contributed by atoms with van der Waals surface area (Å²) in [5, 5.41) is 0. The van der Waals surface area contributed by atoms with E-state index >= 15 is 0 Å². The van der Waals surface area contributed by atoms with Crippen LogP contribution in [0.15, 0.2) is 30.3 Å². The highest BCUT2D eigenvalue weighted by Crippen LogP contribution is 2.28. The molecule has 0 radical (unpaired) electrons. The van der Waals surface area contributed by atoms with E-state index in [1.165, 1.54) is 0 Å². The Morgan fingerprint density at radius 1 is 1.39 bits per heavy atom. The fourth-order valence-electron chi connectivity index (χ4n) is 2.57. The van der Waals surface area contributed by atoms with Crippen LogP contribution in [0.1, 0.15) is 31.4 Å². The first-order valence-corrected chi connectivity index (χ1v) is 6.82. The maximum absolute atomic E-state index is 6.41. The molecule has 0 saturated carbocycles. The van der Waals surface area contributed by atoms with E-state index in [4.69, 9.17) is 15.2 Å². The molecule has 1 aromatic carbocycles. The zero-order valence-corrected chi connectivity index (χ0v) is 11.0. The van der Waals surface area contributed by atoms with E-state index in [9.17, 15) is 0 Å². The van der Waals surface area contributed by atoms with Crippen LogP contribution in [-0.2, 0) is 9.47 Å². The monoisotopic (exact) mass is 249 g/mol. The molecule has 1 saturated heterocycles. The van der Waals surface area contributed by atoms with E-state index in [2.05, 4.69) is 12.1 Å². The van der Waals surface area contributed by atoms with E-state index in [1.807, 2.05) is 25.1 Å². The lowest BCUT2D eigenvalue weighted by atomic mass is 9.88. The third kappa shape index (κ3) is 3.31. The normalized spacial score (nSPS) is 23.6. The lowest BCUT2D eigenvalue weighted by molar-refractivity contribution is -0.0134. The summed E-state index contributed by atoms with van der Waals surface area (Å²) in [7, 11) is 0.